The summed E-state index contributed by atoms with van der Waals surface area (Å²) in [5, 5.41) is 4.32. The lowest BCUT2D eigenvalue weighted by molar-refractivity contribution is -0.147. The molecule has 1 fully saturated rings. The van der Waals surface area contributed by atoms with Crippen molar-refractivity contribution in [2.45, 2.75) is 12.8 Å². The van der Waals surface area contributed by atoms with E-state index in [9.17, 15) is 4.79 Å². The van der Waals surface area contributed by atoms with Crippen LogP contribution in [-0.4, -0.2) is 25.7 Å². The molecule has 2 aromatic rings. The molecule has 0 spiro atoms. The molecule has 100 valence electrons. The summed E-state index contributed by atoms with van der Waals surface area (Å²) in [6.07, 6.45) is 0. The molecular weight excluding hydrogens is 242 g/mol. The molecule has 1 aliphatic heterocycles. The Hall–Kier alpha value is -1.81. The molecule has 1 aliphatic rings. The van der Waals surface area contributed by atoms with Crippen molar-refractivity contribution in [3.8, 4) is 0 Å². The third kappa shape index (κ3) is 2.24. The van der Waals surface area contributed by atoms with Gasteiger partial charge in [-0.25, -0.2) is 0 Å². The van der Waals surface area contributed by atoms with Gasteiger partial charge >= 0.3 is 5.97 Å². The Morgan fingerprint density at radius 2 is 2.26 bits per heavy atom. The normalized spacial score (nSPS) is 22.8. The van der Waals surface area contributed by atoms with Crippen molar-refractivity contribution in [2.75, 3.05) is 19.7 Å². The highest BCUT2D eigenvalue weighted by atomic mass is 16.5. The summed E-state index contributed by atoms with van der Waals surface area (Å²) in [6, 6.07) is 9.92. The van der Waals surface area contributed by atoms with Crippen molar-refractivity contribution in [3.05, 3.63) is 36.1 Å². The Morgan fingerprint density at radius 3 is 3.05 bits per heavy atom. The van der Waals surface area contributed by atoms with Gasteiger partial charge in [0.15, 0.2) is 0 Å². The summed E-state index contributed by atoms with van der Waals surface area (Å²) in [5.74, 6) is 0.633. The summed E-state index contributed by atoms with van der Waals surface area (Å²) >= 11 is 0. The fourth-order valence-electron chi connectivity index (χ4n) is 2.66. The van der Waals surface area contributed by atoms with E-state index >= 15 is 0 Å². The van der Waals surface area contributed by atoms with E-state index in [4.69, 9.17) is 9.15 Å². The molecular formula is C15H17NO3. The van der Waals surface area contributed by atoms with Crippen molar-refractivity contribution in [3.63, 3.8) is 0 Å². The first-order valence-corrected chi connectivity index (χ1v) is 6.65. The maximum atomic E-state index is 11.9. The maximum Gasteiger partial charge on any atom is 0.311 e. The number of esters is 1. The van der Waals surface area contributed by atoms with E-state index in [2.05, 4.69) is 5.32 Å². The molecule has 0 saturated carbocycles. The molecule has 4 heteroatoms. The number of furan rings is 1. The first-order chi connectivity index (χ1) is 9.29. The lowest BCUT2D eigenvalue weighted by atomic mass is 9.93. The number of hydrogen-bond donors (Lipinski definition) is 1. The van der Waals surface area contributed by atoms with Crippen molar-refractivity contribution < 1.29 is 13.9 Å². The smallest absolute Gasteiger partial charge is 0.311 e. The topological polar surface area (TPSA) is 51.5 Å². The Morgan fingerprint density at radius 1 is 1.42 bits per heavy atom. The van der Waals surface area contributed by atoms with Gasteiger partial charge in [0.2, 0.25) is 0 Å². The summed E-state index contributed by atoms with van der Waals surface area (Å²) in [4.78, 5) is 11.9. The highest BCUT2D eigenvalue weighted by Crippen LogP contribution is 2.33. The second-order valence-electron chi connectivity index (χ2n) is 4.81. The lowest BCUT2D eigenvalue weighted by Gasteiger charge is -2.14. The van der Waals surface area contributed by atoms with Crippen LogP contribution < -0.4 is 5.32 Å². The Labute approximate surface area is 111 Å². The Balaban J connectivity index is 1.89. The molecule has 2 heterocycles. The van der Waals surface area contributed by atoms with Crippen LogP contribution in [0.1, 0.15) is 18.6 Å². The summed E-state index contributed by atoms with van der Waals surface area (Å²) in [7, 11) is 0. The molecule has 2 unspecified atom stereocenters. The molecule has 1 saturated heterocycles. The maximum absolute atomic E-state index is 11.9. The molecule has 0 aliphatic carbocycles. The summed E-state index contributed by atoms with van der Waals surface area (Å²) < 4.78 is 11.0. The molecule has 3 rings (SSSR count). The number of fused-ring (bicyclic) bond motifs is 1. The minimum Gasteiger partial charge on any atom is -0.466 e. The van der Waals surface area contributed by atoms with Crippen LogP contribution >= 0.6 is 0 Å². The summed E-state index contributed by atoms with van der Waals surface area (Å²) in [5.41, 5.74) is 0.868. The van der Waals surface area contributed by atoms with Crippen molar-refractivity contribution in [1.82, 2.24) is 5.32 Å². The minimum atomic E-state index is -0.152. The Kier molecular flexibility index (Phi) is 3.25. The van der Waals surface area contributed by atoms with Gasteiger partial charge in [-0.05, 0) is 19.1 Å². The van der Waals surface area contributed by atoms with Gasteiger partial charge in [-0.1, -0.05) is 18.2 Å². The summed E-state index contributed by atoms with van der Waals surface area (Å²) in [6.45, 7) is 3.66. The number of para-hydroxylation sites is 1. The van der Waals surface area contributed by atoms with Crippen molar-refractivity contribution in [1.29, 1.82) is 0 Å². The number of carbonyl (C=O) groups is 1. The molecule has 0 amide bonds. The second kappa shape index (κ2) is 5.05. The van der Waals surface area contributed by atoms with Crippen LogP contribution in [0, 0.1) is 5.92 Å². The monoisotopic (exact) mass is 259 g/mol. The van der Waals surface area contributed by atoms with Crippen LogP contribution in [0.25, 0.3) is 11.0 Å². The molecule has 1 N–H and O–H groups in total. The van der Waals surface area contributed by atoms with E-state index in [-0.39, 0.29) is 17.8 Å². The van der Waals surface area contributed by atoms with Gasteiger partial charge in [-0.3, -0.25) is 4.79 Å². The largest absolute Gasteiger partial charge is 0.466 e. The average Bonchev–Trinajstić information content (AvgIpc) is 3.05. The predicted molar refractivity (Wildman–Crippen MR) is 71.9 cm³/mol. The fourth-order valence-corrected chi connectivity index (χ4v) is 2.66. The third-order valence-corrected chi connectivity index (χ3v) is 3.61. The number of benzene rings is 1. The second-order valence-corrected chi connectivity index (χ2v) is 4.81. The average molecular weight is 259 g/mol. The van der Waals surface area contributed by atoms with E-state index in [0.29, 0.717) is 13.2 Å². The minimum absolute atomic E-state index is 0.0615. The molecule has 1 aromatic carbocycles. The number of hydrogen-bond acceptors (Lipinski definition) is 4. The molecule has 1 aromatic heterocycles. The van der Waals surface area contributed by atoms with Gasteiger partial charge in [0.05, 0.1) is 12.5 Å². The van der Waals surface area contributed by atoms with E-state index in [1.807, 2.05) is 37.3 Å². The lowest BCUT2D eigenvalue weighted by Crippen LogP contribution is -2.23. The van der Waals surface area contributed by atoms with E-state index in [0.717, 1.165) is 23.3 Å². The first-order valence-electron chi connectivity index (χ1n) is 6.65. The molecule has 4 nitrogen and oxygen atoms in total. The predicted octanol–water partition coefficient (Wildman–Crippen LogP) is 2.30. The first kappa shape index (κ1) is 12.2. The quantitative estimate of drug-likeness (QED) is 0.859. The molecule has 0 radical (unpaired) electrons. The van der Waals surface area contributed by atoms with Gasteiger partial charge in [0, 0.05) is 24.4 Å². The van der Waals surface area contributed by atoms with Gasteiger partial charge < -0.3 is 14.5 Å². The molecule has 19 heavy (non-hydrogen) atoms. The third-order valence-electron chi connectivity index (χ3n) is 3.61. The van der Waals surface area contributed by atoms with Gasteiger partial charge in [-0.2, -0.15) is 0 Å². The molecule has 2 atom stereocenters. The zero-order chi connectivity index (χ0) is 13.2. The number of nitrogens with one attached hydrogen (secondary N) is 1. The van der Waals surface area contributed by atoms with Crippen molar-refractivity contribution >= 4 is 16.9 Å². The van der Waals surface area contributed by atoms with Crippen LogP contribution in [0.2, 0.25) is 0 Å². The Bertz CT molecular complexity index is 557. The fraction of sp³-hybridized carbons (Fsp3) is 0.400. The van der Waals surface area contributed by atoms with Crippen molar-refractivity contribution in [2.24, 2.45) is 5.92 Å². The number of ether oxygens (including phenoxy) is 1. The van der Waals surface area contributed by atoms with Crippen LogP contribution in [0.4, 0.5) is 0 Å². The van der Waals surface area contributed by atoms with Crippen LogP contribution in [0.5, 0.6) is 0 Å². The zero-order valence-electron chi connectivity index (χ0n) is 10.9. The van der Waals surface area contributed by atoms with E-state index in [1.165, 1.54) is 0 Å². The standard InChI is InChI=1S/C15H17NO3/c1-2-18-15(17)12-9-16-8-11(12)14-7-10-5-3-4-6-13(10)19-14/h3-7,11-12,16H,2,8-9H2,1H3. The SMILES string of the molecule is CCOC(=O)C1CNCC1c1cc2ccccc2o1. The van der Waals surface area contributed by atoms with Crippen LogP contribution in [0.3, 0.4) is 0 Å². The van der Waals surface area contributed by atoms with E-state index in [1.54, 1.807) is 0 Å². The molecule has 0 bridgehead atoms. The van der Waals surface area contributed by atoms with Crippen LogP contribution in [-0.2, 0) is 9.53 Å². The van der Waals surface area contributed by atoms with Gasteiger partial charge in [0.25, 0.3) is 0 Å². The zero-order valence-corrected chi connectivity index (χ0v) is 10.9. The highest BCUT2D eigenvalue weighted by Gasteiger charge is 2.37. The number of carbonyl (C=O) groups excluding carboxylic acids is 1. The number of rotatable bonds is 3. The highest BCUT2D eigenvalue weighted by molar-refractivity contribution is 5.79. The van der Waals surface area contributed by atoms with Gasteiger partial charge in [-0.15, -0.1) is 0 Å². The van der Waals surface area contributed by atoms with Gasteiger partial charge in [0.1, 0.15) is 11.3 Å². The van der Waals surface area contributed by atoms with Crippen LogP contribution in [0.15, 0.2) is 34.7 Å². The van der Waals surface area contributed by atoms with E-state index < -0.39 is 0 Å².